The third-order valence-electron chi connectivity index (χ3n) is 3.91. The first-order chi connectivity index (χ1) is 11.9. The molecule has 1 N–H and O–H groups in total. The van der Waals surface area contributed by atoms with E-state index in [9.17, 15) is 18.0 Å². The number of nitrogens with one attached hydrogen (secondary N) is 1. The fourth-order valence-electron chi connectivity index (χ4n) is 2.63. The first-order valence-corrected chi connectivity index (χ1v) is 7.56. The lowest BCUT2D eigenvalue weighted by Gasteiger charge is -2.33. The van der Waals surface area contributed by atoms with Gasteiger partial charge in [0, 0.05) is 12.1 Å². The SMILES string of the molecule is COc1ccccc1-c1cc(C(=O)N2CCO[C@@H](C(F)(F)F)C2)[nH]n1. The summed E-state index contributed by atoms with van der Waals surface area (Å²) in [5.74, 6) is 0.0303. The van der Waals surface area contributed by atoms with Gasteiger partial charge in [0.1, 0.15) is 11.4 Å². The molecule has 1 amide bonds. The largest absolute Gasteiger partial charge is 0.496 e. The molecular weight excluding hydrogens is 339 g/mol. The number of carbonyl (C=O) groups is 1. The minimum Gasteiger partial charge on any atom is -0.496 e. The van der Waals surface area contributed by atoms with Gasteiger partial charge in [-0.15, -0.1) is 0 Å². The van der Waals surface area contributed by atoms with Crippen molar-refractivity contribution in [3.63, 3.8) is 0 Å². The second-order valence-corrected chi connectivity index (χ2v) is 5.52. The number of nitrogens with zero attached hydrogens (tertiary/aromatic N) is 2. The molecule has 0 bridgehead atoms. The Kier molecular flexibility index (Phi) is 4.67. The lowest BCUT2D eigenvalue weighted by atomic mass is 10.1. The number of hydrogen-bond acceptors (Lipinski definition) is 4. The molecule has 0 unspecified atom stereocenters. The number of benzene rings is 1. The molecule has 1 aromatic carbocycles. The topological polar surface area (TPSA) is 67.4 Å². The number of halogens is 3. The van der Waals surface area contributed by atoms with Crippen molar-refractivity contribution >= 4 is 5.91 Å². The predicted octanol–water partition coefficient (Wildman–Crippen LogP) is 2.49. The summed E-state index contributed by atoms with van der Waals surface area (Å²) in [4.78, 5) is 13.6. The maximum atomic E-state index is 12.8. The zero-order chi connectivity index (χ0) is 18.0. The number of aromatic nitrogens is 2. The molecule has 0 aliphatic carbocycles. The summed E-state index contributed by atoms with van der Waals surface area (Å²) in [7, 11) is 1.52. The van der Waals surface area contributed by atoms with E-state index in [2.05, 4.69) is 10.2 Å². The highest BCUT2D eigenvalue weighted by Crippen LogP contribution is 2.29. The van der Waals surface area contributed by atoms with E-state index in [1.807, 2.05) is 0 Å². The number of rotatable bonds is 3. The minimum absolute atomic E-state index is 0.0917. The van der Waals surface area contributed by atoms with E-state index in [0.717, 1.165) is 4.90 Å². The van der Waals surface area contributed by atoms with E-state index in [0.29, 0.717) is 17.0 Å². The molecule has 25 heavy (non-hydrogen) atoms. The van der Waals surface area contributed by atoms with Gasteiger partial charge in [0.25, 0.3) is 5.91 Å². The smallest absolute Gasteiger partial charge is 0.416 e. The fourth-order valence-corrected chi connectivity index (χ4v) is 2.63. The van der Waals surface area contributed by atoms with Crippen LogP contribution in [-0.2, 0) is 4.74 Å². The van der Waals surface area contributed by atoms with Gasteiger partial charge < -0.3 is 14.4 Å². The van der Waals surface area contributed by atoms with E-state index in [-0.39, 0.29) is 18.8 Å². The van der Waals surface area contributed by atoms with Crippen LogP contribution in [0.1, 0.15) is 10.5 Å². The number of para-hydroxylation sites is 1. The van der Waals surface area contributed by atoms with Crippen LogP contribution in [0, 0.1) is 0 Å². The number of carbonyl (C=O) groups excluding carboxylic acids is 1. The quantitative estimate of drug-likeness (QED) is 0.919. The molecule has 1 aliphatic heterocycles. The van der Waals surface area contributed by atoms with Crippen LogP contribution in [0.5, 0.6) is 5.75 Å². The Bertz CT molecular complexity index is 760. The standard InChI is InChI=1S/C16H16F3N3O3/c1-24-13-5-3-2-4-10(13)11-8-12(21-20-11)15(23)22-6-7-25-14(9-22)16(17,18)19/h2-5,8,14H,6-7,9H2,1H3,(H,20,21)/t14-/m1/s1. The summed E-state index contributed by atoms with van der Waals surface area (Å²) in [6.07, 6.45) is -6.48. The summed E-state index contributed by atoms with van der Waals surface area (Å²) < 4.78 is 48.3. The fraction of sp³-hybridized carbons (Fsp3) is 0.375. The molecule has 134 valence electrons. The molecule has 1 atom stereocenters. The van der Waals surface area contributed by atoms with Gasteiger partial charge in [0.2, 0.25) is 0 Å². The van der Waals surface area contributed by atoms with Crippen LogP contribution >= 0.6 is 0 Å². The third-order valence-corrected chi connectivity index (χ3v) is 3.91. The lowest BCUT2D eigenvalue weighted by Crippen LogP contribution is -2.51. The Morgan fingerprint density at radius 1 is 1.40 bits per heavy atom. The molecule has 1 aromatic heterocycles. The zero-order valence-corrected chi connectivity index (χ0v) is 13.3. The van der Waals surface area contributed by atoms with Crippen LogP contribution in [0.2, 0.25) is 0 Å². The highest BCUT2D eigenvalue weighted by Gasteiger charge is 2.44. The summed E-state index contributed by atoms with van der Waals surface area (Å²) in [5, 5.41) is 6.66. The third kappa shape index (κ3) is 3.60. The van der Waals surface area contributed by atoms with E-state index in [1.54, 1.807) is 24.3 Å². The van der Waals surface area contributed by atoms with Gasteiger partial charge in [-0.25, -0.2) is 0 Å². The van der Waals surface area contributed by atoms with E-state index < -0.39 is 24.7 Å². The van der Waals surface area contributed by atoms with Crippen LogP contribution in [-0.4, -0.2) is 60.1 Å². The molecule has 2 heterocycles. The van der Waals surface area contributed by atoms with Crippen molar-refractivity contribution in [2.24, 2.45) is 0 Å². The molecule has 6 nitrogen and oxygen atoms in total. The highest BCUT2D eigenvalue weighted by atomic mass is 19.4. The van der Waals surface area contributed by atoms with Crippen molar-refractivity contribution in [3.05, 3.63) is 36.0 Å². The average Bonchev–Trinajstić information content (AvgIpc) is 3.10. The van der Waals surface area contributed by atoms with Crippen LogP contribution in [0.25, 0.3) is 11.3 Å². The molecule has 1 saturated heterocycles. The summed E-state index contributed by atoms with van der Waals surface area (Å²) in [5.41, 5.74) is 1.26. The van der Waals surface area contributed by atoms with E-state index >= 15 is 0 Å². The summed E-state index contributed by atoms with van der Waals surface area (Å²) in [6.45, 7) is -0.608. The molecule has 0 radical (unpaired) electrons. The van der Waals surface area contributed by atoms with Crippen molar-refractivity contribution in [2.75, 3.05) is 26.8 Å². The van der Waals surface area contributed by atoms with Crippen molar-refractivity contribution < 1.29 is 27.4 Å². The summed E-state index contributed by atoms with van der Waals surface area (Å²) >= 11 is 0. The maximum absolute atomic E-state index is 12.8. The van der Waals surface area contributed by atoms with Crippen molar-refractivity contribution in [2.45, 2.75) is 12.3 Å². The lowest BCUT2D eigenvalue weighted by molar-refractivity contribution is -0.233. The van der Waals surface area contributed by atoms with Crippen LogP contribution in [0.3, 0.4) is 0 Å². The van der Waals surface area contributed by atoms with E-state index in [4.69, 9.17) is 9.47 Å². The Balaban J connectivity index is 1.79. The monoisotopic (exact) mass is 355 g/mol. The molecule has 9 heteroatoms. The second-order valence-electron chi connectivity index (χ2n) is 5.52. The van der Waals surface area contributed by atoms with Gasteiger partial charge in [0.15, 0.2) is 6.10 Å². The Morgan fingerprint density at radius 3 is 2.88 bits per heavy atom. The Morgan fingerprint density at radius 2 is 2.16 bits per heavy atom. The Labute approximate surface area is 141 Å². The number of amides is 1. The number of alkyl halides is 3. The second kappa shape index (κ2) is 6.75. The first-order valence-electron chi connectivity index (χ1n) is 7.56. The van der Waals surface area contributed by atoms with Crippen LogP contribution in [0.4, 0.5) is 13.2 Å². The molecular formula is C16H16F3N3O3. The van der Waals surface area contributed by atoms with Crippen molar-refractivity contribution in [1.82, 2.24) is 15.1 Å². The van der Waals surface area contributed by atoms with Gasteiger partial charge in [-0.2, -0.15) is 18.3 Å². The number of H-pyrrole nitrogens is 1. The average molecular weight is 355 g/mol. The molecule has 3 rings (SSSR count). The molecule has 0 spiro atoms. The number of morpholine rings is 1. The number of ether oxygens (including phenoxy) is 2. The molecule has 1 fully saturated rings. The van der Waals surface area contributed by atoms with Crippen LogP contribution in [0.15, 0.2) is 30.3 Å². The van der Waals surface area contributed by atoms with Crippen LogP contribution < -0.4 is 4.74 Å². The van der Waals surface area contributed by atoms with Crippen molar-refractivity contribution in [1.29, 1.82) is 0 Å². The van der Waals surface area contributed by atoms with Crippen molar-refractivity contribution in [3.8, 4) is 17.0 Å². The molecule has 0 saturated carbocycles. The van der Waals surface area contributed by atoms with Gasteiger partial charge in [-0.1, -0.05) is 12.1 Å². The number of aromatic amines is 1. The van der Waals surface area contributed by atoms with Gasteiger partial charge in [0.05, 0.1) is 26.0 Å². The minimum atomic E-state index is -4.50. The number of hydrogen-bond donors (Lipinski definition) is 1. The first kappa shape index (κ1) is 17.3. The normalized spacial score (nSPS) is 18.2. The van der Waals surface area contributed by atoms with Gasteiger partial charge in [-0.05, 0) is 18.2 Å². The Hall–Kier alpha value is -2.55. The molecule has 2 aromatic rings. The van der Waals surface area contributed by atoms with E-state index in [1.165, 1.54) is 13.2 Å². The number of methoxy groups -OCH3 is 1. The molecule has 1 aliphatic rings. The highest BCUT2D eigenvalue weighted by molar-refractivity contribution is 5.93. The predicted molar refractivity (Wildman–Crippen MR) is 82.3 cm³/mol. The van der Waals surface area contributed by atoms with Gasteiger partial charge >= 0.3 is 6.18 Å². The summed E-state index contributed by atoms with van der Waals surface area (Å²) in [6, 6.07) is 8.62. The van der Waals surface area contributed by atoms with Gasteiger partial charge in [-0.3, -0.25) is 9.89 Å². The zero-order valence-electron chi connectivity index (χ0n) is 13.3. The maximum Gasteiger partial charge on any atom is 0.416 e.